The third kappa shape index (κ3) is 2.98. The van der Waals surface area contributed by atoms with Crippen LogP contribution in [0.1, 0.15) is 39.3 Å². The molecule has 0 saturated carbocycles. The number of aromatic nitrogens is 5. The Kier molecular flexibility index (Phi) is 4.01. The molecule has 0 aliphatic carbocycles. The van der Waals surface area contributed by atoms with Crippen LogP contribution in [0.5, 0.6) is 0 Å². The maximum absolute atomic E-state index is 12.3. The molecule has 26 heavy (non-hydrogen) atoms. The minimum Gasteiger partial charge on any atom is -0.336 e. The molecule has 0 N–H and O–H groups in total. The van der Waals surface area contributed by atoms with Crippen LogP contribution in [0.25, 0.3) is 5.65 Å². The van der Waals surface area contributed by atoms with Gasteiger partial charge in [0.15, 0.2) is 5.65 Å². The van der Waals surface area contributed by atoms with E-state index >= 15 is 0 Å². The minimum atomic E-state index is -0.0893. The average Bonchev–Trinajstić information content (AvgIpc) is 3.22. The molecule has 4 heterocycles. The number of rotatable bonds is 3. The van der Waals surface area contributed by atoms with Crippen molar-refractivity contribution in [1.82, 2.24) is 24.4 Å². The Bertz CT molecular complexity index is 983. The lowest BCUT2D eigenvalue weighted by Gasteiger charge is -2.25. The number of hydrogen-bond acceptors (Lipinski definition) is 5. The van der Waals surface area contributed by atoms with E-state index in [0.29, 0.717) is 6.54 Å². The summed E-state index contributed by atoms with van der Waals surface area (Å²) in [5.74, 6) is 0.836. The molecule has 3 aromatic heterocycles. The van der Waals surface area contributed by atoms with E-state index in [2.05, 4.69) is 41.0 Å². The van der Waals surface area contributed by atoms with Crippen molar-refractivity contribution in [3.05, 3.63) is 52.6 Å². The molecule has 7 nitrogen and oxygen atoms in total. The van der Waals surface area contributed by atoms with Crippen LogP contribution in [-0.2, 0) is 12.0 Å². The van der Waals surface area contributed by atoms with Crippen molar-refractivity contribution in [3.8, 4) is 0 Å². The molecule has 7 heteroatoms. The van der Waals surface area contributed by atoms with Crippen molar-refractivity contribution in [3.63, 3.8) is 0 Å². The van der Waals surface area contributed by atoms with E-state index in [1.165, 1.54) is 0 Å². The van der Waals surface area contributed by atoms with Crippen molar-refractivity contribution in [2.45, 2.75) is 51.6 Å². The Balaban J connectivity index is 1.65. The summed E-state index contributed by atoms with van der Waals surface area (Å²) < 4.78 is 3.60. The highest BCUT2D eigenvalue weighted by Crippen LogP contribution is 2.25. The standard InChI is InChI=1S/C19H24N6O/c1-19(2,3)15-9-10-17(26)25(22-15)13-14-7-6-12-23(14)18-21-20-16-8-4-5-11-24(16)18/h4-5,8-11,14H,6-7,12-13H2,1-3H3. The second kappa shape index (κ2) is 6.23. The van der Waals surface area contributed by atoms with Crippen LogP contribution in [0.15, 0.2) is 41.3 Å². The van der Waals surface area contributed by atoms with Gasteiger partial charge in [-0.05, 0) is 31.0 Å². The molecule has 1 atom stereocenters. The highest BCUT2D eigenvalue weighted by molar-refractivity contribution is 5.47. The molecule has 0 aromatic carbocycles. The van der Waals surface area contributed by atoms with E-state index in [-0.39, 0.29) is 17.0 Å². The summed E-state index contributed by atoms with van der Waals surface area (Å²) in [6.45, 7) is 7.79. The fourth-order valence-electron chi connectivity index (χ4n) is 3.49. The van der Waals surface area contributed by atoms with Crippen LogP contribution in [0.3, 0.4) is 0 Å². The van der Waals surface area contributed by atoms with Crippen molar-refractivity contribution in [1.29, 1.82) is 0 Å². The maximum atomic E-state index is 12.3. The van der Waals surface area contributed by atoms with E-state index < -0.39 is 0 Å². The lowest BCUT2D eigenvalue weighted by atomic mass is 9.92. The SMILES string of the molecule is CC(C)(C)c1ccc(=O)n(CC2CCCN2c2nnc3ccccn23)n1. The van der Waals surface area contributed by atoms with Crippen LogP contribution in [0.2, 0.25) is 0 Å². The number of hydrogen-bond donors (Lipinski definition) is 0. The molecule has 4 rings (SSSR count). The first-order valence-corrected chi connectivity index (χ1v) is 9.08. The third-order valence-corrected chi connectivity index (χ3v) is 4.95. The van der Waals surface area contributed by atoms with Crippen molar-refractivity contribution in [2.75, 3.05) is 11.4 Å². The van der Waals surface area contributed by atoms with Gasteiger partial charge in [0.25, 0.3) is 5.56 Å². The summed E-state index contributed by atoms with van der Waals surface area (Å²) in [4.78, 5) is 14.6. The quantitative estimate of drug-likeness (QED) is 0.723. The van der Waals surface area contributed by atoms with Crippen molar-refractivity contribution >= 4 is 11.6 Å². The summed E-state index contributed by atoms with van der Waals surface area (Å²) in [6.07, 6.45) is 4.06. The lowest BCUT2D eigenvalue weighted by Crippen LogP contribution is -2.38. The molecular weight excluding hydrogens is 328 g/mol. The Morgan fingerprint density at radius 2 is 2.00 bits per heavy atom. The van der Waals surface area contributed by atoms with E-state index in [9.17, 15) is 4.79 Å². The smallest absolute Gasteiger partial charge is 0.266 e. The monoisotopic (exact) mass is 352 g/mol. The zero-order valence-corrected chi connectivity index (χ0v) is 15.5. The van der Waals surface area contributed by atoms with Crippen molar-refractivity contribution in [2.24, 2.45) is 0 Å². The highest BCUT2D eigenvalue weighted by Gasteiger charge is 2.29. The first-order chi connectivity index (χ1) is 12.4. The number of fused-ring (bicyclic) bond motifs is 1. The highest BCUT2D eigenvalue weighted by atomic mass is 16.1. The van der Waals surface area contributed by atoms with E-state index in [1.807, 2.05) is 34.9 Å². The van der Waals surface area contributed by atoms with Gasteiger partial charge in [0, 0.05) is 24.2 Å². The summed E-state index contributed by atoms with van der Waals surface area (Å²) in [6, 6.07) is 9.51. The van der Waals surface area contributed by atoms with Crippen LogP contribution < -0.4 is 10.5 Å². The Labute approximate surface area is 152 Å². The van der Waals surface area contributed by atoms with Gasteiger partial charge in [-0.15, -0.1) is 10.2 Å². The lowest BCUT2D eigenvalue weighted by molar-refractivity contribution is 0.455. The van der Waals surface area contributed by atoms with Crippen LogP contribution in [0, 0.1) is 0 Å². The molecule has 1 aliphatic rings. The molecule has 0 spiro atoms. The van der Waals surface area contributed by atoms with Gasteiger partial charge in [-0.3, -0.25) is 9.20 Å². The zero-order valence-electron chi connectivity index (χ0n) is 15.5. The Morgan fingerprint density at radius 3 is 2.81 bits per heavy atom. The van der Waals surface area contributed by atoms with Gasteiger partial charge >= 0.3 is 0 Å². The maximum Gasteiger partial charge on any atom is 0.266 e. The topological polar surface area (TPSA) is 68.3 Å². The van der Waals surface area contributed by atoms with Gasteiger partial charge in [-0.1, -0.05) is 26.8 Å². The van der Waals surface area contributed by atoms with Crippen LogP contribution in [-0.4, -0.2) is 37.0 Å². The Morgan fingerprint density at radius 1 is 1.15 bits per heavy atom. The first kappa shape index (κ1) is 16.8. The molecular formula is C19H24N6O. The first-order valence-electron chi connectivity index (χ1n) is 9.08. The Hall–Kier alpha value is -2.70. The van der Waals surface area contributed by atoms with Gasteiger partial charge in [0.2, 0.25) is 5.95 Å². The second-order valence-corrected chi connectivity index (χ2v) is 7.91. The molecule has 3 aromatic rings. The van der Waals surface area contributed by atoms with E-state index in [1.54, 1.807) is 10.7 Å². The summed E-state index contributed by atoms with van der Waals surface area (Å²) in [5, 5.41) is 13.3. The fraction of sp³-hybridized carbons (Fsp3) is 0.474. The van der Waals surface area contributed by atoms with Gasteiger partial charge in [0.1, 0.15) is 0 Å². The van der Waals surface area contributed by atoms with Crippen LogP contribution >= 0.6 is 0 Å². The predicted molar refractivity (Wildman–Crippen MR) is 101 cm³/mol. The molecule has 1 aliphatic heterocycles. The summed E-state index contributed by atoms with van der Waals surface area (Å²) in [7, 11) is 0. The van der Waals surface area contributed by atoms with E-state index in [4.69, 9.17) is 0 Å². The third-order valence-electron chi connectivity index (χ3n) is 4.95. The number of nitrogens with zero attached hydrogens (tertiary/aromatic N) is 6. The molecule has 1 fully saturated rings. The largest absolute Gasteiger partial charge is 0.336 e. The molecule has 136 valence electrons. The number of pyridine rings is 1. The molecule has 1 saturated heterocycles. The number of anilines is 1. The van der Waals surface area contributed by atoms with Gasteiger partial charge in [-0.25, -0.2) is 4.68 Å². The van der Waals surface area contributed by atoms with Gasteiger partial charge in [0.05, 0.1) is 18.3 Å². The molecule has 1 unspecified atom stereocenters. The zero-order chi connectivity index (χ0) is 18.3. The molecule has 0 amide bonds. The van der Waals surface area contributed by atoms with Crippen LogP contribution in [0.4, 0.5) is 5.95 Å². The second-order valence-electron chi connectivity index (χ2n) is 7.91. The average molecular weight is 352 g/mol. The van der Waals surface area contributed by atoms with E-state index in [0.717, 1.165) is 36.7 Å². The fourth-order valence-corrected chi connectivity index (χ4v) is 3.49. The van der Waals surface area contributed by atoms with Gasteiger partial charge < -0.3 is 4.90 Å². The molecule has 0 radical (unpaired) electrons. The van der Waals surface area contributed by atoms with Crippen molar-refractivity contribution < 1.29 is 0 Å². The normalized spacial score (nSPS) is 18.0. The summed E-state index contributed by atoms with van der Waals surface area (Å²) in [5.41, 5.74) is 1.61. The van der Waals surface area contributed by atoms with Gasteiger partial charge in [-0.2, -0.15) is 5.10 Å². The summed E-state index contributed by atoms with van der Waals surface area (Å²) >= 11 is 0. The minimum absolute atomic E-state index is 0.0593. The molecule has 0 bridgehead atoms. The predicted octanol–water partition coefficient (Wildman–Crippen LogP) is 2.25.